The Labute approximate surface area is 112 Å². The van der Waals surface area contributed by atoms with Gasteiger partial charge in [0, 0.05) is 11.8 Å². The number of aryl methyl sites for hydroxylation is 2. The topological polar surface area (TPSA) is 27.1 Å². The monoisotopic (exact) mass is 252 g/mol. The van der Waals surface area contributed by atoms with Gasteiger partial charge in [-0.05, 0) is 38.1 Å². The molecule has 0 radical (unpaired) electrons. The van der Waals surface area contributed by atoms with Crippen LogP contribution in [0.15, 0.2) is 42.5 Å². The molecule has 0 saturated heterocycles. The Balaban J connectivity index is 2.26. The predicted octanol–water partition coefficient (Wildman–Crippen LogP) is 3.65. The van der Waals surface area contributed by atoms with E-state index in [0.717, 1.165) is 28.3 Å². The van der Waals surface area contributed by atoms with Crippen molar-refractivity contribution in [2.45, 2.75) is 13.8 Å². The molecule has 1 heterocycles. The molecule has 0 aliphatic carbocycles. The van der Waals surface area contributed by atoms with Crippen molar-refractivity contribution in [3.63, 3.8) is 0 Å². The van der Waals surface area contributed by atoms with Crippen LogP contribution >= 0.6 is 0 Å². The predicted molar refractivity (Wildman–Crippen MR) is 77.1 cm³/mol. The van der Waals surface area contributed by atoms with Crippen molar-refractivity contribution in [3.8, 4) is 11.4 Å². The lowest BCUT2D eigenvalue weighted by Gasteiger charge is -2.08. The number of ether oxygens (including phenoxy) is 1. The lowest BCUT2D eigenvalue weighted by atomic mass is 10.2. The number of aromatic nitrogens is 2. The van der Waals surface area contributed by atoms with Gasteiger partial charge in [0.1, 0.15) is 11.6 Å². The summed E-state index contributed by atoms with van der Waals surface area (Å²) in [4.78, 5) is 4.59. The number of rotatable bonds is 2. The molecule has 19 heavy (non-hydrogen) atoms. The van der Waals surface area contributed by atoms with Crippen molar-refractivity contribution >= 4 is 11.0 Å². The average molecular weight is 252 g/mol. The van der Waals surface area contributed by atoms with Crippen LogP contribution in [-0.4, -0.2) is 16.7 Å². The maximum absolute atomic E-state index is 5.30. The maximum Gasteiger partial charge on any atom is 0.121 e. The summed E-state index contributed by atoms with van der Waals surface area (Å²) in [7, 11) is 1.68. The second-order valence-electron chi connectivity index (χ2n) is 4.68. The molecule has 0 fully saturated rings. The van der Waals surface area contributed by atoms with Gasteiger partial charge < -0.3 is 4.74 Å². The molecule has 0 aliphatic heterocycles. The van der Waals surface area contributed by atoms with Gasteiger partial charge >= 0.3 is 0 Å². The SMILES string of the molecule is COc1ccc2nc(C)n(-c3ccc(C)cc3)c2c1. The summed E-state index contributed by atoms with van der Waals surface area (Å²) in [5, 5.41) is 0. The molecule has 1 aromatic heterocycles. The zero-order valence-electron chi connectivity index (χ0n) is 11.3. The Hall–Kier alpha value is -2.29. The Morgan fingerprint density at radius 3 is 2.42 bits per heavy atom. The van der Waals surface area contributed by atoms with Gasteiger partial charge in [-0.3, -0.25) is 4.57 Å². The van der Waals surface area contributed by atoms with Crippen LogP contribution in [0.1, 0.15) is 11.4 Å². The van der Waals surface area contributed by atoms with E-state index in [9.17, 15) is 0 Å². The summed E-state index contributed by atoms with van der Waals surface area (Å²) >= 11 is 0. The van der Waals surface area contributed by atoms with Crippen LogP contribution < -0.4 is 4.74 Å². The molecule has 3 heteroatoms. The first-order valence-electron chi connectivity index (χ1n) is 6.29. The minimum atomic E-state index is 0.848. The number of nitrogens with zero attached hydrogens (tertiary/aromatic N) is 2. The molecular weight excluding hydrogens is 236 g/mol. The highest BCUT2D eigenvalue weighted by molar-refractivity contribution is 5.80. The molecular formula is C16H16N2O. The normalized spacial score (nSPS) is 10.9. The van der Waals surface area contributed by atoms with E-state index in [4.69, 9.17) is 4.74 Å². The third-order valence-electron chi connectivity index (χ3n) is 3.32. The highest BCUT2D eigenvalue weighted by atomic mass is 16.5. The standard InChI is InChI=1S/C16H16N2O/c1-11-4-6-13(7-5-11)18-12(2)17-15-9-8-14(19-3)10-16(15)18/h4-10H,1-3H3. The third-order valence-corrected chi connectivity index (χ3v) is 3.32. The molecule has 0 bridgehead atoms. The Kier molecular flexibility index (Phi) is 2.75. The fraction of sp³-hybridized carbons (Fsp3) is 0.188. The van der Waals surface area contributed by atoms with Gasteiger partial charge in [0.15, 0.2) is 0 Å². The maximum atomic E-state index is 5.30. The summed E-state index contributed by atoms with van der Waals surface area (Å²) in [6.07, 6.45) is 0. The molecule has 0 amide bonds. The molecule has 3 aromatic rings. The molecule has 0 spiro atoms. The van der Waals surface area contributed by atoms with E-state index < -0.39 is 0 Å². The summed E-state index contributed by atoms with van der Waals surface area (Å²) < 4.78 is 7.45. The van der Waals surface area contributed by atoms with Crippen LogP contribution in [0.25, 0.3) is 16.7 Å². The van der Waals surface area contributed by atoms with Gasteiger partial charge in [-0.2, -0.15) is 0 Å². The largest absolute Gasteiger partial charge is 0.497 e. The Morgan fingerprint density at radius 2 is 1.74 bits per heavy atom. The Morgan fingerprint density at radius 1 is 1.00 bits per heavy atom. The number of imidazole rings is 1. The fourth-order valence-corrected chi connectivity index (χ4v) is 2.32. The van der Waals surface area contributed by atoms with Gasteiger partial charge in [0.25, 0.3) is 0 Å². The lowest BCUT2D eigenvalue weighted by Crippen LogP contribution is -1.96. The zero-order chi connectivity index (χ0) is 13.4. The highest BCUT2D eigenvalue weighted by Crippen LogP contribution is 2.25. The zero-order valence-corrected chi connectivity index (χ0v) is 11.3. The van der Waals surface area contributed by atoms with Crippen LogP contribution in [0, 0.1) is 13.8 Å². The number of methoxy groups -OCH3 is 1. The van der Waals surface area contributed by atoms with Crippen LogP contribution in [0.2, 0.25) is 0 Å². The van der Waals surface area contributed by atoms with E-state index in [1.54, 1.807) is 7.11 Å². The summed E-state index contributed by atoms with van der Waals surface area (Å²) in [6, 6.07) is 14.4. The number of benzene rings is 2. The van der Waals surface area contributed by atoms with Gasteiger partial charge in [0.05, 0.1) is 18.1 Å². The van der Waals surface area contributed by atoms with Crippen LogP contribution in [0.4, 0.5) is 0 Å². The summed E-state index contributed by atoms with van der Waals surface area (Å²) in [5.74, 6) is 1.83. The number of fused-ring (bicyclic) bond motifs is 1. The van der Waals surface area contributed by atoms with E-state index in [0.29, 0.717) is 0 Å². The number of hydrogen-bond donors (Lipinski definition) is 0. The highest BCUT2D eigenvalue weighted by Gasteiger charge is 2.09. The smallest absolute Gasteiger partial charge is 0.121 e. The first-order chi connectivity index (χ1) is 9.19. The van der Waals surface area contributed by atoms with Crippen molar-refractivity contribution in [1.29, 1.82) is 0 Å². The van der Waals surface area contributed by atoms with E-state index in [1.807, 2.05) is 25.1 Å². The fourth-order valence-electron chi connectivity index (χ4n) is 2.32. The van der Waals surface area contributed by atoms with Crippen molar-refractivity contribution < 1.29 is 4.74 Å². The summed E-state index contributed by atoms with van der Waals surface area (Å²) in [6.45, 7) is 4.11. The van der Waals surface area contributed by atoms with Gasteiger partial charge in [0.2, 0.25) is 0 Å². The van der Waals surface area contributed by atoms with Crippen molar-refractivity contribution in [2.24, 2.45) is 0 Å². The van der Waals surface area contributed by atoms with Crippen LogP contribution in [0.5, 0.6) is 5.75 Å². The lowest BCUT2D eigenvalue weighted by molar-refractivity contribution is 0.415. The Bertz CT molecular complexity index is 726. The first-order valence-corrected chi connectivity index (χ1v) is 6.29. The van der Waals surface area contributed by atoms with Crippen molar-refractivity contribution in [2.75, 3.05) is 7.11 Å². The minimum absolute atomic E-state index is 0.848. The van der Waals surface area contributed by atoms with Crippen LogP contribution in [-0.2, 0) is 0 Å². The van der Waals surface area contributed by atoms with Gasteiger partial charge in [-0.25, -0.2) is 4.98 Å². The second-order valence-corrected chi connectivity index (χ2v) is 4.68. The first kappa shape index (κ1) is 11.8. The molecule has 0 N–H and O–H groups in total. The third kappa shape index (κ3) is 1.97. The molecule has 0 atom stereocenters. The molecule has 0 unspecified atom stereocenters. The van der Waals surface area contributed by atoms with E-state index in [-0.39, 0.29) is 0 Å². The molecule has 3 rings (SSSR count). The molecule has 0 aliphatic rings. The molecule has 96 valence electrons. The van der Waals surface area contributed by atoms with Crippen molar-refractivity contribution in [3.05, 3.63) is 53.9 Å². The molecule has 2 aromatic carbocycles. The van der Waals surface area contributed by atoms with Crippen molar-refractivity contribution in [1.82, 2.24) is 9.55 Å². The average Bonchev–Trinajstić information content (AvgIpc) is 2.75. The quantitative estimate of drug-likeness (QED) is 0.696. The number of hydrogen-bond acceptors (Lipinski definition) is 2. The summed E-state index contributed by atoms with van der Waals surface area (Å²) in [5.41, 5.74) is 4.43. The van der Waals surface area contributed by atoms with Gasteiger partial charge in [-0.15, -0.1) is 0 Å². The van der Waals surface area contributed by atoms with E-state index in [1.165, 1.54) is 5.56 Å². The van der Waals surface area contributed by atoms with Crippen LogP contribution in [0.3, 0.4) is 0 Å². The minimum Gasteiger partial charge on any atom is -0.497 e. The van der Waals surface area contributed by atoms with E-state index in [2.05, 4.69) is 40.7 Å². The second kappa shape index (κ2) is 4.43. The molecule has 0 saturated carbocycles. The van der Waals surface area contributed by atoms with Gasteiger partial charge in [-0.1, -0.05) is 17.7 Å². The molecule has 3 nitrogen and oxygen atoms in total. The van der Waals surface area contributed by atoms with E-state index >= 15 is 0 Å².